The van der Waals surface area contributed by atoms with Crippen LogP contribution in [0.2, 0.25) is 0 Å². The lowest BCUT2D eigenvalue weighted by Crippen LogP contribution is -2.39. The van der Waals surface area contributed by atoms with E-state index >= 15 is 0 Å². The molecule has 0 fully saturated rings. The van der Waals surface area contributed by atoms with Crippen LogP contribution in [0, 0.1) is 0 Å². The summed E-state index contributed by atoms with van der Waals surface area (Å²) in [7, 11) is -0.863. The number of ether oxygens (including phenoxy) is 1. The molecule has 0 aliphatic heterocycles. The Morgan fingerprint density at radius 1 is 1.10 bits per heavy atom. The summed E-state index contributed by atoms with van der Waals surface area (Å²) < 4.78 is 32.9. The third-order valence-electron chi connectivity index (χ3n) is 4.51. The maximum atomic E-state index is 12.6. The molecular weight excluding hydrogens is 398 g/mol. The summed E-state index contributed by atoms with van der Waals surface area (Å²) in [5.74, 6) is -0.708. The average Bonchev–Trinajstić information content (AvgIpc) is 2.68. The van der Waals surface area contributed by atoms with Gasteiger partial charge in [-0.15, -0.1) is 0 Å². The van der Waals surface area contributed by atoms with Gasteiger partial charge in [-0.2, -0.15) is 0 Å². The SMILES string of the molecule is CC(C)OCCCNC(=O)CCS(=O)(=O)c1ccc2c(c1)n(C)c(=O)c(=O)n2C. The molecule has 2 aromatic rings. The number of aryl methyl sites for hydroxylation is 2. The van der Waals surface area contributed by atoms with Crippen LogP contribution in [0.3, 0.4) is 0 Å². The molecule has 29 heavy (non-hydrogen) atoms. The van der Waals surface area contributed by atoms with E-state index in [1.165, 1.54) is 36.9 Å². The minimum Gasteiger partial charge on any atom is -0.379 e. The number of carbonyl (C=O) groups excluding carboxylic acids is 1. The predicted octanol–water partition coefficient (Wildman–Crippen LogP) is 0.332. The van der Waals surface area contributed by atoms with Crippen LogP contribution in [0.5, 0.6) is 0 Å². The molecule has 0 spiro atoms. The third kappa shape index (κ3) is 5.54. The lowest BCUT2D eigenvalue weighted by molar-refractivity contribution is -0.120. The van der Waals surface area contributed by atoms with Gasteiger partial charge in [0, 0.05) is 33.7 Å². The molecule has 0 aliphatic carbocycles. The normalized spacial score (nSPS) is 11.9. The Hall–Kier alpha value is -2.46. The standard InChI is InChI=1S/C19H27N3O6S/c1-13(2)28-10-5-9-20-17(23)8-11-29(26,27)14-6-7-15-16(12-14)22(4)19(25)18(24)21(15)3/h6-7,12-13H,5,8-11H2,1-4H3,(H,20,23). The van der Waals surface area contributed by atoms with Crippen LogP contribution in [0.1, 0.15) is 26.7 Å². The molecule has 2 rings (SSSR count). The van der Waals surface area contributed by atoms with Crippen LogP contribution in [0.4, 0.5) is 0 Å². The summed E-state index contributed by atoms with van der Waals surface area (Å²) in [6.07, 6.45) is 0.603. The fourth-order valence-corrected chi connectivity index (χ4v) is 4.06. The summed E-state index contributed by atoms with van der Waals surface area (Å²) in [6.45, 7) is 4.79. The second-order valence-electron chi connectivity index (χ2n) is 7.07. The van der Waals surface area contributed by atoms with E-state index < -0.39 is 21.0 Å². The molecule has 0 saturated carbocycles. The van der Waals surface area contributed by atoms with Crippen molar-refractivity contribution in [3.05, 3.63) is 38.9 Å². The maximum absolute atomic E-state index is 12.6. The number of hydrogen-bond donors (Lipinski definition) is 1. The number of hydrogen-bond acceptors (Lipinski definition) is 6. The Labute approximate surface area is 169 Å². The average molecular weight is 426 g/mol. The van der Waals surface area contributed by atoms with Crippen molar-refractivity contribution in [2.45, 2.75) is 37.7 Å². The molecule has 1 amide bonds. The highest BCUT2D eigenvalue weighted by atomic mass is 32.2. The van der Waals surface area contributed by atoms with Crippen molar-refractivity contribution < 1.29 is 17.9 Å². The molecule has 0 aliphatic rings. The van der Waals surface area contributed by atoms with E-state index in [-0.39, 0.29) is 29.1 Å². The molecule has 1 heterocycles. The Morgan fingerprint density at radius 2 is 1.72 bits per heavy atom. The number of nitrogens with one attached hydrogen (secondary N) is 1. The van der Waals surface area contributed by atoms with Crippen molar-refractivity contribution in [2.24, 2.45) is 14.1 Å². The molecule has 9 nitrogen and oxygen atoms in total. The van der Waals surface area contributed by atoms with Crippen molar-refractivity contribution in [1.82, 2.24) is 14.5 Å². The van der Waals surface area contributed by atoms with E-state index in [0.717, 1.165) is 4.57 Å². The third-order valence-corrected chi connectivity index (χ3v) is 6.23. The largest absolute Gasteiger partial charge is 0.379 e. The van der Waals surface area contributed by atoms with Crippen molar-refractivity contribution >= 4 is 26.8 Å². The first-order valence-corrected chi connectivity index (χ1v) is 11.0. The highest BCUT2D eigenvalue weighted by molar-refractivity contribution is 7.91. The summed E-state index contributed by atoms with van der Waals surface area (Å²) in [5.41, 5.74) is -0.661. The van der Waals surface area contributed by atoms with Crippen molar-refractivity contribution in [2.75, 3.05) is 18.9 Å². The first kappa shape index (κ1) is 22.8. The van der Waals surface area contributed by atoms with Gasteiger partial charge in [0.2, 0.25) is 5.91 Å². The van der Waals surface area contributed by atoms with Crippen LogP contribution in [-0.4, -0.2) is 48.5 Å². The number of aromatic nitrogens is 2. The van der Waals surface area contributed by atoms with Crippen molar-refractivity contribution in [1.29, 1.82) is 0 Å². The number of carbonyl (C=O) groups is 1. The van der Waals surface area contributed by atoms with Crippen LogP contribution in [-0.2, 0) is 33.5 Å². The lowest BCUT2D eigenvalue weighted by atomic mass is 10.3. The van der Waals surface area contributed by atoms with Gasteiger partial charge in [-0.3, -0.25) is 14.4 Å². The fraction of sp³-hybridized carbons (Fsp3) is 0.526. The molecule has 1 aromatic heterocycles. The van der Waals surface area contributed by atoms with Gasteiger partial charge in [0.1, 0.15) is 0 Å². The quantitative estimate of drug-likeness (QED) is 0.457. The zero-order chi connectivity index (χ0) is 21.8. The topological polar surface area (TPSA) is 116 Å². The zero-order valence-corrected chi connectivity index (χ0v) is 17.9. The fourth-order valence-electron chi connectivity index (χ4n) is 2.81. The Bertz CT molecular complexity index is 1120. The molecule has 0 atom stereocenters. The highest BCUT2D eigenvalue weighted by Gasteiger charge is 2.18. The summed E-state index contributed by atoms with van der Waals surface area (Å²) in [6, 6.07) is 4.22. The molecule has 0 unspecified atom stereocenters. The van der Waals surface area contributed by atoms with Gasteiger partial charge >= 0.3 is 11.1 Å². The monoisotopic (exact) mass is 425 g/mol. The molecule has 0 radical (unpaired) electrons. The van der Waals surface area contributed by atoms with E-state index in [0.29, 0.717) is 30.6 Å². The molecule has 160 valence electrons. The number of nitrogens with zero attached hydrogens (tertiary/aromatic N) is 2. The number of benzene rings is 1. The van der Waals surface area contributed by atoms with Crippen molar-refractivity contribution in [3.63, 3.8) is 0 Å². The van der Waals surface area contributed by atoms with Crippen molar-refractivity contribution in [3.8, 4) is 0 Å². The summed E-state index contributed by atoms with van der Waals surface area (Å²) >= 11 is 0. The van der Waals surface area contributed by atoms with Gasteiger partial charge in [-0.05, 0) is 38.5 Å². The van der Waals surface area contributed by atoms with E-state index in [9.17, 15) is 22.8 Å². The van der Waals surface area contributed by atoms with Gasteiger partial charge in [0.25, 0.3) is 0 Å². The van der Waals surface area contributed by atoms with E-state index in [1.807, 2.05) is 13.8 Å². The zero-order valence-electron chi connectivity index (χ0n) is 17.1. The van der Waals surface area contributed by atoms with Gasteiger partial charge in [-0.25, -0.2) is 8.42 Å². The molecule has 1 N–H and O–H groups in total. The second kappa shape index (κ2) is 9.36. The number of fused-ring (bicyclic) bond motifs is 1. The van der Waals surface area contributed by atoms with Gasteiger partial charge in [0.15, 0.2) is 9.84 Å². The lowest BCUT2D eigenvalue weighted by Gasteiger charge is -2.11. The minimum atomic E-state index is -3.73. The number of rotatable bonds is 9. The van der Waals surface area contributed by atoms with Crippen LogP contribution >= 0.6 is 0 Å². The first-order valence-electron chi connectivity index (χ1n) is 9.35. The predicted molar refractivity (Wildman–Crippen MR) is 110 cm³/mol. The van der Waals surface area contributed by atoms with E-state index in [2.05, 4.69) is 5.32 Å². The molecule has 0 saturated heterocycles. The van der Waals surface area contributed by atoms with Gasteiger partial charge < -0.3 is 19.2 Å². The molecular formula is C19H27N3O6S. The van der Waals surface area contributed by atoms with Crippen LogP contribution in [0.15, 0.2) is 32.7 Å². The van der Waals surface area contributed by atoms with Gasteiger partial charge in [-0.1, -0.05) is 0 Å². The number of sulfone groups is 1. The second-order valence-corrected chi connectivity index (χ2v) is 9.18. The summed E-state index contributed by atoms with van der Waals surface area (Å²) in [5, 5.41) is 2.67. The molecule has 0 bridgehead atoms. The van der Waals surface area contributed by atoms with Crippen LogP contribution < -0.4 is 16.4 Å². The molecule has 10 heteroatoms. The Morgan fingerprint density at radius 3 is 2.34 bits per heavy atom. The Kier molecular flexibility index (Phi) is 7.37. The van der Waals surface area contributed by atoms with E-state index in [4.69, 9.17) is 4.74 Å². The summed E-state index contributed by atoms with van der Waals surface area (Å²) in [4.78, 5) is 35.8. The van der Waals surface area contributed by atoms with E-state index in [1.54, 1.807) is 0 Å². The minimum absolute atomic E-state index is 0.00298. The first-order chi connectivity index (χ1) is 13.5. The van der Waals surface area contributed by atoms with Crippen LogP contribution in [0.25, 0.3) is 11.0 Å². The number of amides is 1. The smallest absolute Gasteiger partial charge is 0.316 e. The Balaban J connectivity index is 2.08. The van der Waals surface area contributed by atoms with Gasteiger partial charge in [0.05, 0.1) is 27.8 Å². The highest BCUT2D eigenvalue weighted by Crippen LogP contribution is 2.18. The maximum Gasteiger partial charge on any atom is 0.316 e. The molecule has 1 aromatic carbocycles.